The van der Waals surface area contributed by atoms with Crippen LogP contribution in [-0.2, 0) is 15.1 Å². The topological polar surface area (TPSA) is 78.4 Å². The molecule has 22 heavy (non-hydrogen) atoms. The van der Waals surface area contributed by atoms with Crippen LogP contribution in [0.15, 0.2) is 54.6 Å². The van der Waals surface area contributed by atoms with Crippen LogP contribution < -0.4 is 10.6 Å². The van der Waals surface area contributed by atoms with E-state index in [0.29, 0.717) is 16.9 Å². The van der Waals surface area contributed by atoms with E-state index >= 15 is 0 Å². The molecule has 1 aliphatic heterocycles. The SMILES string of the molecule is CC(=O)[C@H](O)[C@]1(Nc2ccccc2)C(=O)Nc2ccccc21. The van der Waals surface area contributed by atoms with E-state index in [9.17, 15) is 14.7 Å². The van der Waals surface area contributed by atoms with Gasteiger partial charge in [-0.1, -0.05) is 36.4 Å². The van der Waals surface area contributed by atoms with Crippen LogP contribution in [0.4, 0.5) is 11.4 Å². The Balaban J connectivity index is 2.16. The number of hydrogen-bond donors (Lipinski definition) is 3. The van der Waals surface area contributed by atoms with E-state index in [4.69, 9.17) is 0 Å². The molecule has 0 radical (unpaired) electrons. The van der Waals surface area contributed by atoms with Crippen LogP contribution in [0.2, 0.25) is 0 Å². The summed E-state index contributed by atoms with van der Waals surface area (Å²) in [4.78, 5) is 24.4. The van der Waals surface area contributed by atoms with Gasteiger partial charge in [0.25, 0.3) is 5.91 Å². The highest BCUT2D eigenvalue weighted by atomic mass is 16.3. The molecule has 0 saturated carbocycles. The summed E-state index contributed by atoms with van der Waals surface area (Å²) in [6, 6.07) is 16.1. The molecule has 5 heteroatoms. The van der Waals surface area contributed by atoms with Crippen molar-refractivity contribution >= 4 is 23.1 Å². The second-order valence-electron chi connectivity index (χ2n) is 5.31. The van der Waals surface area contributed by atoms with Crippen LogP contribution in [0.3, 0.4) is 0 Å². The van der Waals surface area contributed by atoms with Gasteiger partial charge in [-0.3, -0.25) is 9.59 Å². The van der Waals surface area contributed by atoms with Crippen molar-refractivity contribution in [1.82, 2.24) is 0 Å². The van der Waals surface area contributed by atoms with Crippen molar-refractivity contribution in [1.29, 1.82) is 0 Å². The van der Waals surface area contributed by atoms with E-state index in [0.717, 1.165) is 0 Å². The lowest BCUT2D eigenvalue weighted by molar-refractivity contribution is -0.135. The first kappa shape index (κ1) is 14.3. The molecular weight excluding hydrogens is 280 g/mol. The van der Waals surface area contributed by atoms with Gasteiger partial charge in [-0.05, 0) is 25.1 Å². The number of benzene rings is 2. The lowest BCUT2D eigenvalue weighted by Gasteiger charge is -2.33. The standard InChI is InChI=1S/C17H16N2O3/c1-11(20)15(21)17(19-12-7-3-2-4-8-12)13-9-5-6-10-14(13)18-16(17)22/h2-10,15,19,21H,1H3,(H,18,22)/t15-,17-/m0/s1. The van der Waals surface area contributed by atoms with Crippen molar-refractivity contribution in [3.05, 3.63) is 60.2 Å². The summed E-state index contributed by atoms with van der Waals surface area (Å²) >= 11 is 0. The van der Waals surface area contributed by atoms with Gasteiger partial charge >= 0.3 is 0 Å². The minimum Gasteiger partial charge on any atom is -0.382 e. The maximum Gasteiger partial charge on any atom is 0.258 e. The number of amides is 1. The van der Waals surface area contributed by atoms with Gasteiger partial charge in [0.05, 0.1) is 0 Å². The van der Waals surface area contributed by atoms with Crippen molar-refractivity contribution in [3.63, 3.8) is 0 Å². The quantitative estimate of drug-likeness (QED) is 0.805. The van der Waals surface area contributed by atoms with E-state index in [1.807, 2.05) is 18.2 Å². The number of hydrogen-bond acceptors (Lipinski definition) is 4. The molecule has 1 amide bonds. The number of ketones is 1. The van der Waals surface area contributed by atoms with Crippen LogP contribution in [0.1, 0.15) is 12.5 Å². The zero-order valence-electron chi connectivity index (χ0n) is 12.0. The molecule has 0 unspecified atom stereocenters. The molecule has 1 heterocycles. The minimum absolute atomic E-state index is 0.444. The van der Waals surface area contributed by atoms with Gasteiger partial charge in [-0.25, -0.2) is 0 Å². The average molecular weight is 296 g/mol. The average Bonchev–Trinajstić information content (AvgIpc) is 2.80. The number of aliphatic hydroxyl groups excluding tert-OH is 1. The number of aliphatic hydroxyl groups is 1. The third kappa shape index (κ3) is 2.07. The third-order valence-corrected chi connectivity index (χ3v) is 3.87. The van der Waals surface area contributed by atoms with E-state index < -0.39 is 23.3 Å². The van der Waals surface area contributed by atoms with Gasteiger partial charge in [-0.15, -0.1) is 0 Å². The lowest BCUT2D eigenvalue weighted by Crippen LogP contribution is -2.54. The summed E-state index contributed by atoms with van der Waals surface area (Å²) in [6.07, 6.45) is -1.49. The maximum absolute atomic E-state index is 12.6. The fraction of sp³-hybridized carbons (Fsp3) is 0.176. The first-order valence-corrected chi connectivity index (χ1v) is 6.98. The molecule has 0 spiro atoms. The van der Waals surface area contributed by atoms with Crippen molar-refractivity contribution < 1.29 is 14.7 Å². The number of para-hydroxylation sites is 2. The molecule has 0 fully saturated rings. The summed E-state index contributed by atoms with van der Waals surface area (Å²) in [6.45, 7) is 1.27. The van der Waals surface area contributed by atoms with Crippen molar-refractivity contribution in [2.45, 2.75) is 18.6 Å². The predicted octanol–water partition coefficient (Wildman–Crippen LogP) is 1.90. The smallest absolute Gasteiger partial charge is 0.258 e. The number of Topliss-reactive ketones (excluding diaryl/α,β-unsaturated/α-hetero) is 1. The molecule has 0 saturated heterocycles. The van der Waals surface area contributed by atoms with E-state index in [-0.39, 0.29) is 0 Å². The van der Waals surface area contributed by atoms with Crippen LogP contribution in [-0.4, -0.2) is 22.9 Å². The van der Waals surface area contributed by atoms with Gasteiger partial charge < -0.3 is 15.7 Å². The number of rotatable bonds is 4. The Bertz CT molecular complexity index is 730. The highest BCUT2D eigenvalue weighted by Crippen LogP contribution is 2.41. The summed E-state index contributed by atoms with van der Waals surface area (Å²) in [7, 11) is 0. The Morgan fingerprint density at radius 3 is 2.45 bits per heavy atom. The van der Waals surface area contributed by atoms with E-state index in [2.05, 4.69) is 10.6 Å². The minimum atomic E-state index is -1.52. The first-order chi connectivity index (χ1) is 10.6. The number of anilines is 2. The van der Waals surface area contributed by atoms with Gasteiger partial charge in [0.1, 0.15) is 6.10 Å². The summed E-state index contributed by atoms with van der Waals surface area (Å²) in [5.41, 5.74) is 0.279. The van der Waals surface area contributed by atoms with Crippen molar-refractivity contribution in [2.75, 3.05) is 10.6 Å². The summed E-state index contributed by atoms with van der Waals surface area (Å²) < 4.78 is 0. The largest absolute Gasteiger partial charge is 0.382 e. The molecule has 2 atom stereocenters. The fourth-order valence-corrected chi connectivity index (χ4v) is 2.80. The molecule has 2 aromatic rings. The van der Waals surface area contributed by atoms with Crippen LogP contribution in [0, 0.1) is 0 Å². The maximum atomic E-state index is 12.6. The zero-order valence-corrected chi connectivity index (χ0v) is 12.0. The Hall–Kier alpha value is -2.66. The van der Waals surface area contributed by atoms with Crippen LogP contribution in [0.5, 0.6) is 0 Å². The summed E-state index contributed by atoms with van der Waals surface area (Å²) in [5.74, 6) is -0.921. The van der Waals surface area contributed by atoms with E-state index in [1.165, 1.54) is 6.92 Å². The van der Waals surface area contributed by atoms with Crippen molar-refractivity contribution in [2.24, 2.45) is 0 Å². The third-order valence-electron chi connectivity index (χ3n) is 3.87. The van der Waals surface area contributed by atoms with Crippen LogP contribution >= 0.6 is 0 Å². The summed E-state index contributed by atoms with van der Waals surface area (Å²) in [5, 5.41) is 16.3. The molecule has 3 rings (SSSR count). The molecule has 112 valence electrons. The fourth-order valence-electron chi connectivity index (χ4n) is 2.80. The Morgan fingerprint density at radius 1 is 1.14 bits per heavy atom. The highest BCUT2D eigenvalue weighted by molar-refractivity contribution is 6.11. The second kappa shape index (κ2) is 5.27. The van der Waals surface area contributed by atoms with Crippen molar-refractivity contribution in [3.8, 4) is 0 Å². The Kier molecular flexibility index (Phi) is 3.42. The molecule has 0 bridgehead atoms. The van der Waals surface area contributed by atoms with E-state index in [1.54, 1.807) is 36.4 Å². The number of carbonyl (C=O) groups is 2. The van der Waals surface area contributed by atoms with Crippen LogP contribution in [0.25, 0.3) is 0 Å². The highest BCUT2D eigenvalue weighted by Gasteiger charge is 2.54. The Labute approximate surface area is 128 Å². The molecule has 0 aliphatic carbocycles. The zero-order chi connectivity index (χ0) is 15.7. The lowest BCUT2D eigenvalue weighted by atomic mass is 9.83. The van der Waals surface area contributed by atoms with Gasteiger partial charge in [0, 0.05) is 16.9 Å². The normalized spacial score (nSPS) is 20.9. The number of carbonyl (C=O) groups excluding carboxylic acids is 2. The van der Waals surface area contributed by atoms with Gasteiger partial charge in [0.2, 0.25) is 0 Å². The molecule has 1 aliphatic rings. The molecule has 2 aromatic carbocycles. The Morgan fingerprint density at radius 2 is 1.77 bits per heavy atom. The number of nitrogens with one attached hydrogen (secondary N) is 2. The second-order valence-corrected chi connectivity index (χ2v) is 5.31. The molecule has 0 aromatic heterocycles. The van der Waals surface area contributed by atoms with Gasteiger partial charge in [-0.2, -0.15) is 0 Å². The molecule has 5 nitrogen and oxygen atoms in total. The first-order valence-electron chi connectivity index (χ1n) is 6.98. The predicted molar refractivity (Wildman–Crippen MR) is 83.5 cm³/mol. The number of fused-ring (bicyclic) bond motifs is 1. The van der Waals surface area contributed by atoms with Gasteiger partial charge in [0.15, 0.2) is 11.3 Å². The monoisotopic (exact) mass is 296 g/mol. The molecule has 3 N–H and O–H groups in total. The molecular formula is C17H16N2O3.